The van der Waals surface area contributed by atoms with Crippen LogP contribution in [0.5, 0.6) is 0 Å². The van der Waals surface area contributed by atoms with Crippen molar-refractivity contribution in [2.24, 2.45) is 11.8 Å². The molecule has 18 heavy (non-hydrogen) atoms. The minimum atomic E-state index is -0.0947. The Balaban J connectivity index is 2.01. The first kappa shape index (κ1) is 13.0. The molecule has 0 aliphatic carbocycles. The molecule has 0 N–H and O–H groups in total. The Morgan fingerprint density at radius 2 is 2.33 bits per heavy atom. The second kappa shape index (κ2) is 5.48. The van der Waals surface area contributed by atoms with E-state index in [4.69, 9.17) is 4.74 Å². The Morgan fingerprint density at radius 1 is 1.56 bits per heavy atom. The van der Waals surface area contributed by atoms with Gasteiger partial charge < -0.3 is 4.74 Å². The first-order chi connectivity index (χ1) is 8.61. The van der Waals surface area contributed by atoms with Gasteiger partial charge in [-0.25, -0.2) is 0 Å². The highest BCUT2D eigenvalue weighted by Gasteiger charge is 2.35. The molecule has 1 aromatic rings. The van der Waals surface area contributed by atoms with E-state index in [0.717, 1.165) is 25.3 Å². The van der Waals surface area contributed by atoms with Gasteiger partial charge in [-0.2, -0.15) is 0 Å². The molecule has 98 valence electrons. The van der Waals surface area contributed by atoms with Crippen molar-refractivity contribution in [3.63, 3.8) is 0 Å². The van der Waals surface area contributed by atoms with Crippen molar-refractivity contribution in [1.29, 1.82) is 0 Å². The Bertz CT molecular complexity index is 434. The third-order valence-corrected chi connectivity index (χ3v) is 3.68. The molecule has 1 aliphatic rings. The zero-order chi connectivity index (χ0) is 13.1. The number of pyridine rings is 1. The summed E-state index contributed by atoms with van der Waals surface area (Å²) in [4.78, 5) is 18.3. The maximum absolute atomic E-state index is 11.6. The minimum Gasteiger partial charge on any atom is -0.469 e. The van der Waals surface area contributed by atoms with Crippen molar-refractivity contribution in [3.05, 3.63) is 29.6 Å². The number of hydrogen-bond donors (Lipinski definition) is 0. The highest BCUT2D eigenvalue weighted by molar-refractivity contribution is 5.73. The fourth-order valence-corrected chi connectivity index (χ4v) is 2.55. The van der Waals surface area contributed by atoms with Crippen LogP contribution in [0, 0.1) is 18.8 Å². The number of carbonyl (C=O) groups excluding carboxylic acids is 1. The van der Waals surface area contributed by atoms with Gasteiger partial charge in [0.15, 0.2) is 0 Å². The normalized spacial score (nSPS) is 24.2. The van der Waals surface area contributed by atoms with E-state index in [9.17, 15) is 4.79 Å². The average molecular weight is 248 g/mol. The molecule has 2 unspecified atom stereocenters. The number of ether oxygens (including phenoxy) is 1. The standard InChI is InChI=1S/C14H20N2O2/c1-10-5-4-6-15-13(10)9-16-7-11(2)12(8-16)14(17)18-3/h4-6,11-12H,7-9H2,1-3H3. The summed E-state index contributed by atoms with van der Waals surface area (Å²) in [5, 5.41) is 0. The van der Waals surface area contributed by atoms with Crippen LogP contribution in [-0.2, 0) is 16.1 Å². The van der Waals surface area contributed by atoms with Gasteiger partial charge in [0.25, 0.3) is 0 Å². The predicted octanol–water partition coefficient (Wildman–Crippen LogP) is 1.63. The average Bonchev–Trinajstić information content (AvgIpc) is 2.72. The van der Waals surface area contributed by atoms with Crippen LogP contribution in [0.1, 0.15) is 18.2 Å². The first-order valence-corrected chi connectivity index (χ1v) is 6.32. The lowest BCUT2D eigenvalue weighted by Gasteiger charge is -2.16. The smallest absolute Gasteiger partial charge is 0.310 e. The van der Waals surface area contributed by atoms with Crippen LogP contribution in [0.3, 0.4) is 0 Å². The molecular formula is C14H20N2O2. The lowest BCUT2D eigenvalue weighted by atomic mass is 9.99. The third kappa shape index (κ3) is 2.70. The summed E-state index contributed by atoms with van der Waals surface area (Å²) in [6.45, 7) is 6.68. The lowest BCUT2D eigenvalue weighted by molar-refractivity contribution is -0.146. The van der Waals surface area contributed by atoms with Gasteiger partial charge in [-0.05, 0) is 24.5 Å². The van der Waals surface area contributed by atoms with Crippen molar-refractivity contribution in [3.8, 4) is 0 Å². The SMILES string of the molecule is COC(=O)C1CN(Cc2ncccc2C)CC1C. The van der Waals surface area contributed by atoms with Gasteiger partial charge in [0.05, 0.1) is 18.7 Å². The third-order valence-electron chi connectivity index (χ3n) is 3.68. The first-order valence-electron chi connectivity index (χ1n) is 6.32. The van der Waals surface area contributed by atoms with E-state index in [-0.39, 0.29) is 11.9 Å². The maximum Gasteiger partial charge on any atom is 0.310 e. The molecule has 1 aliphatic heterocycles. The fraction of sp³-hybridized carbons (Fsp3) is 0.571. The molecular weight excluding hydrogens is 228 g/mol. The number of carbonyl (C=O) groups is 1. The van der Waals surface area contributed by atoms with Crippen LogP contribution in [0.15, 0.2) is 18.3 Å². The van der Waals surface area contributed by atoms with E-state index < -0.39 is 0 Å². The summed E-state index contributed by atoms with van der Waals surface area (Å²) >= 11 is 0. The van der Waals surface area contributed by atoms with Gasteiger partial charge in [0, 0.05) is 25.8 Å². The molecule has 0 radical (unpaired) electrons. The molecule has 1 saturated heterocycles. The minimum absolute atomic E-state index is 0.000909. The highest BCUT2D eigenvalue weighted by atomic mass is 16.5. The topological polar surface area (TPSA) is 42.4 Å². The van der Waals surface area contributed by atoms with Gasteiger partial charge in [0.1, 0.15) is 0 Å². The quantitative estimate of drug-likeness (QED) is 0.763. The fourth-order valence-electron chi connectivity index (χ4n) is 2.55. The summed E-state index contributed by atoms with van der Waals surface area (Å²) < 4.78 is 4.85. The van der Waals surface area contributed by atoms with Gasteiger partial charge in [-0.1, -0.05) is 13.0 Å². The Kier molecular flexibility index (Phi) is 3.97. The number of rotatable bonds is 3. The van der Waals surface area contributed by atoms with E-state index in [1.54, 1.807) is 0 Å². The van der Waals surface area contributed by atoms with Crippen LogP contribution < -0.4 is 0 Å². The number of methoxy groups -OCH3 is 1. The van der Waals surface area contributed by atoms with Gasteiger partial charge in [0.2, 0.25) is 0 Å². The van der Waals surface area contributed by atoms with E-state index in [0.29, 0.717) is 5.92 Å². The summed E-state index contributed by atoms with van der Waals surface area (Å²) in [7, 11) is 1.46. The van der Waals surface area contributed by atoms with Gasteiger partial charge in [-0.15, -0.1) is 0 Å². The predicted molar refractivity (Wildman–Crippen MR) is 68.9 cm³/mol. The molecule has 2 rings (SSSR count). The zero-order valence-electron chi connectivity index (χ0n) is 11.2. The Hall–Kier alpha value is -1.42. The molecule has 1 aromatic heterocycles. The number of aryl methyl sites for hydroxylation is 1. The van der Waals surface area contributed by atoms with Crippen LogP contribution in [0.4, 0.5) is 0 Å². The molecule has 1 fully saturated rings. The number of aromatic nitrogens is 1. The van der Waals surface area contributed by atoms with Crippen LogP contribution >= 0.6 is 0 Å². The van der Waals surface area contributed by atoms with Gasteiger partial charge >= 0.3 is 5.97 Å². The van der Waals surface area contributed by atoms with Crippen molar-refractivity contribution in [2.75, 3.05) is 20.2 Å². The summed E-state index contributed by atoms with van der Waals surface area (Å²) in [6.07, 6.45) is 1.82. The summed E-state index contributed by atoms with van der Waals surface area (Å²) in [5.41, 5.74) is 2.29. The van der Waals surface area contributed by atoms with E-state index in [2.05, 4.69) is 29.8 Å². The molecule has 0 bridgehead atoms. The van der Waals surface area contributed by atoms with Gasteiger partial charge in [-0.3, -0.25) is 14.7 Å². The van der Waals surface area contributed by atoms with E-state index >= 15 is 0 Å². The van der Waals surface area contributed by atoms with E-state index in [1.165, 1.54) is 12.7 Å². The highest BCUT2D eigenvalue weighted by Crippen LogP contribution is 2.25. The number of likely N-dealkylation sites (tertiary alicyclic amines) is 1. The summed E-state index contributed by atoms with van der Waals surface area (Å²) in [5.74, 6) is 0.253. The van der Waals surface area contributed by atoms with Crippen molar-refractivity contribution in [2.45, 2.75) is 20.4 Å². The second-order valence-electron chi connectivity index (χ2n) is 5.07. The van der Waals surface area contributed by atoms with Crippen LogP contribution in [-0.4, -0.2) is 36.1 Å². The second-order valence-corrected chi connectivity index (χ2v) is 5.07. The molecule has 2 heterocycles. The lowest BCUT2D eigenvalue weighted by Crippen LogP contribution is -2.24. The van der Waals surface area contributed by atoms with Crippen molar-refractivity contribution >= 4 is 5.97 Å². The largest absolute Gasteiger partial charge is 0.469 e. The monoisotopic (exact) mass is 248 g/mol. The molecule has 4 nitrogen and oxygen atoms in total. The number of hydrogen-bond acceptors (Lipinski definition) is 4. The van der Waals surface area contributed by atoms with Crippen LogP contribution in [0.25, 0.3) is 0 Å². The number of nitrogens with zero attached hydrogens (tertiary/aromatic N) is 2. The molecule has 0 spiro atoms. The molecule has 0 aromatic carbocycles. The van der Waals surface area contributed by atoms with E-state index in [1.807, 2.05) is 12.3 Å². The Labute approximate surface area is 108 Å². The summed E-state index contributed by atoms with van der Waals surface area (Å²) in [6, 6.07) is 4.02. The molecule has 0 saturated carbocycles. The molecule has 0 amide bonds. The number of esters is 1. The molecule has 4 heteroatoms. The van der Waals surface area contributed by atoms with Crippen molar-refractivity contribution < 1.29 is 9.53 Å². The van der Waals surface area contributed by atoms with Crippen LogP contribution in [0.2, 0.25) is 0 Å². The zero-order valence-corrected chi connectivity index (χ0v) is 11.2. The Morgan fingerprint density at radius 3 is 3.00 bits per heavy atom. The maximum atomic E-state index is 11.6. The van der Waals surface area contributed by atoms with Crippen molar-refractivity contribution in [1.82, 2.24) is 9.88 Å². The molecule has 2 atom stereocenters.